The number of rotatable bonds is 6. The zero-order chi connectivity index (χ0) is 13.3. The van der Waals surface area contributed by atoms with Crippen molar-refractivity contribution in [1.82, 2.24) is 4.90 Å². The van der Waals surface area contributed by atoms with E-state index in [-0.39, 0.29) is 13.2 Å². The number of amides is 2. The molecule has 0 aromatic carbocycles. The molecule has 0 saturated heterocycles. The van der Waals surface area contributed by atoms with Gasteiger partial charge in [-0.15, -0.1) is 0 Å². The van der Waals surface area contributed by atoms with Gasteiger partial charge >= 0.3 is 11.9 Å². The Bertz CT molecular complexity index is 336. The highest BCUT2D eigenvalue weighted by Crippen LogP contribution is 1.88. The van der Waals surface area contributed by atoms with Crippen LogP contribution in [0.15, 0.2) is 12.2 Å². The maximum atomic E-state index is 11.0. The number of imide groups is 1. The molecule has 7 heteroatoms. The molecule has 0 rings (SSSR count). The van der Waals surface area contributed by atoms with Crippen molar-refractivity contribution in [1.29, 1.82) is 0 Å². The van der Waals surface area contributed by atoms with Crippen LogP contribution < -0.4 is 0 Å². The molecule has 7 nitrogen and oxygen atoms in total. The van der Waals surface area contributed by atoms with Crippen LogP contribution in [0.5, 0.6) is 0 Å². The summed E-state index contributed by atoms with van der Waals surface area (Å²) < 4.78 is 8.89. The van der Waals surface area contributed by atoms with Crippen molar-refractivity contribution >= 4 is 24.3 Å². The predicted octanol–water partition coefficient (Wildman–Crippen LogP) is -0.736. The van der Waals surface area contributed by atoms with Crippen molar-refractivity contribution in [2.45, 2.75) is 6.92 Å². The van der Waals surface area contributed by atoms with E-state index in [0.29, 0.717) is 6.41 Å². The Hall–Kier alpha value is -2.18. The molecular formula is C10H13NO6. The first-order valence-electron chi connectivity index (χ1n) is 4.66. The minimum absolute atomic E-state index is 0.0311. The van der Waals surface area contributed by atoms with E-state index in [1.54, 1.807) is 0 Å². The number of ether oxygens (including phenoxy) is 2. The van der Waals surface area contributed by atoms with Crippen LogP contribution >= 0.6 is 0 Å². The van der Waals surface area contributed by atoms with Crippen molar-refractivity contribution < 1.29 is 28.7 Å². The molecule has 0 aliphatic rings. The van der Waals surface area contributed by atoms with Crippen molar-refractivity contribution in [3.05, 3.63) is 12.2 Å². The highest BCUT2D eigenvalue weighted by Gasteiger charge is 2.07. The molecule has 0 aromatic rings. The third kappa shape index (κ3) is 6.82. The number of esters is 2. The van der Waals surface area contributed by atoms with Gasteiger partial charge in [0.2, 0.25) is 12.3 Å². The summed E-state index contributed by atoms with van der Waals surface area (Å²) >= 11 is 0. The van der Waals surface area contributed by atoms with E-state index in [4.69, 9.17) is 0 Å². The van der Waals surface area contributed by atoms with Gasteiger partial charge in [0.25, 0.3) is 0 Å². The summed E-state index contributed by atoms with van der Waals surface area (Å²) in [7, 11) is 1.17. The van der Waals surface area contributed by atoms with E-state index in [0.717, 1.165) is 17.1 Å². The summed E-state index contributed by atoms with van der Waals surface area (Å²) in [6.07, 6.45) is 2.15. The van der Waals surface area contributed by atoms with Crippen LogP contribution in [-0.2, 0) is 28.7 Å². The number of nitrogens with zero attached hydrogens (tertiary/aromatic N) is 1. The molecule has 2 amide bonds. The third-order valence-corrected chi connectivity index (χ3v) is 1.66. The van der Waals surface area contributed by atoms with Crippen LogP contribution in [0.1, 0.15) is 6.92 Å². The first-order valence-corrected chi connectivity index (χ1v) is 4.66. The van der Waals surface area contributed by atoms with Crippen molar-refractivity contribution in [3.8, 4) is 0 Å². The number of methoxy groups -OCH3 is 1. The fourth-order valence-electron chi connectivity index (χ4n) is 0.781. The van der Waals surface area contributed by atoms with Crippen molar-refractivity contribution in [3.63, 3.8) is 0 Å². The van der Waals surface area contributed by atoms with Crippen molar-refractivity contribution in [2.75, 3.05) is 20.3 Å². The fourth-order valence-corrected chi connectivity index (χ4v) is 0.781. The van der Waals surface area contributed by atoms with Gasteiger partial charge in [0.15, 0.2) is 0 Å². The average molecular weight is 243 g/mol. The van der Waals surface area contributed by atoms with Gasteiger partial charge in [0.05, 0.1) is 13.7 Å². The third-order valence-electron chi connectivity index (χ3n) is 1.66. The Morgan fingerprint density at radius 2 is 1.76 bits per heavy atom. The Balaban J connectivity index is 3.93. The second kappa shape index (κ2) is 8.03. The van der Waals surface area contributed by atoms with Gasteiger partial charge in [-0.1, -0.05) is 0 Å². The number of hydrogen-bond donors (Lipinski definition) is 0. The summed E-state index contributed by atoms with van der Waals surface area (Å²) in [5.74, 6) is -1.88. The fraction of sp³-hybridized carbons (Fsp3) is 0.400. The van der Waals surface area contributed by atoms with Crippen LogP contribution in [-0.4, -0.2) is 49.4 Å². The maximum absolute atomic E-state index is 11.0. The van der Waals surface area contributed by atoms with E-state index in [9.17, 15) is 19.2 Å². The smallest absolute Gasteiger partial charge is 0.331 e. The summed E-state index contributed by atoms with van der Waals surface area (Å²) in [6.45, 7) is 1.05. The molecule has 0 aromatic heterocycles. The molecule has 0 heterocycles. The Labute approximate surface area is 98.0 Å². The minimum atomic E-state index is -0.759. The molecule has 0 atom stereocenters. The highest BCUT2D eigenvalue weighted by atomic mass is 16.5. The lowest BCUT2D eigenvalue weighted by Crippen LogP contribution is -2.31. The summed E-state index contributed by atoms with van der Waals surface area (Å²) in [5, 5.41) is 0. The standard InChI is InChI=1S/C10H13NO6/c1-8(13)11(7-12)5-6-17-10(15)4-3-9(14)16-2/h3-4,7H,5-6H2,1-2H3/b4-3+. The highest BCUT2D eigenvalue weighted by molar-refractivity contribution is 5.91. The quantitative estimate of drug-likeness (QED) is 0.347. The average Bonchev–Trinajstić information content (AvgIpc) is 2.31. The largest absolute Gasteiger partial charge is 0.466 e. The van der Waals surface area contributed by atoms with Gasteiger partial charge in [-0.25, -0.2) is 9.59 Å². The second-order valence-corrected chi connectivity index (χ2v) is 2.84. The van der Waals surface area contributed by atoms with E-state index in [2.05, 4.69) is 9.47 Å². The zero-order valence-electron chi connectivity index (χ0n) is 9.54. The van der Waals surface area contributed by atoms with Gasteiger partial charge in [-0.3, -0.25) is 14.5 Å². The van der Waals surface area contributed by atoms with E-state index >= 15 is 0 Å². The molecule has 94 valence electrons. The molecule has 0 aliphatic heterocycles. The lowest BCUT2D eigenvalue weighted by atomic mass is 10.5. The number of carbonyl (C=O) groups is 4. The first-order chi connectivity index (χ1) is 8.01. The topological polar surface area (TPSA) is 90.0 Å². The molecule has 0 aliphatic carbocycles. The van der Waals surface area contributed by atoms with E-state index in [1.807, 2.05) is 0 Å². The van der Waals surface area contributed by atoms with Crippen LogP contribution in [0.25, 0.3) is 0 Å². The molecule has 0 bridgehead atoms. The van der Waals surface area contributed by atoms with Crippen LogP contribution in [0.2, 0.25) is 0 Å². The second-order valence-electron chi connectivity index (χ2n) is 2.84. The normalized spacial score (nSPS) is 9.76. The summed E-state index contributed by atoms with van der Waals surface area (Å²) in [5.41, 5.74) is 0. The maximum Gasteiger partial charge on any atom is 0.331 e. The van der Waals surface area contributed by atoms with Crippen LogP contribution in [0, 0.1) is 0 Å². The van der Waals surface area contributed by atoms with Crippen molar-refractivity contribution in [2.24, 2.45) is 0 Å². The summed E-state index contributed by atoms with van der Waals surface area (Å²) in [6, 6.07) is 0. The van der Waals surface area contributed by atoms with Gasteiger partial charge < -0.3 is 9.47 Å². The number of carbonyl (C=O) groups excluding carboxylic acids is 4. The van der Waals surface area contributed by atoms with Crippen LogP contribution in [0.3, 0.4) is 0 Å². The molecule has 0 saturated carbocycles. The van der Waals surface area contributed by atoms with E-state index < -0.39 is 17.8 Å². The number of hydrogen-bond acceptors (Lipinski definition) is 6. The minimum Gasteiger partial charge on any atom is -0.466 e. The Kier molecular flexibility index (Phi) is 7.00. The first kappa shape index (κ1) is 14.8. The summed E-state index contributed by atoms with van der Waals surface area (Å²) in [4.78, 5) is 43.6. The van der Waals surface area contributed by atoms with Gasteiger partial charge in [0, 0.05) is 19.1 Å². The zero-order valence-corrected chi connectivity index (χ0v) is 9.54. The van der Waals surface area contributed by atoms with Gasteiger partial charge in [0.1, 0.15) is 6.61 Å². The molecule has 0 spiro atoms. The Morgan fingerprint density at radius 1 is 1.18 bits per heavy atom. The predicted molar refractivity (Wildman–Crippen MR) is 55.6 cm³/mol. The molecular weight excluding hydrogens is 230 g/mol. The SMILES string of the molecule is COC(=O)/C=C/C(=O)OCCN(C=O)C(C)=O. The molecule has 0 unspecified atom stereocenters. The molecule has 0 fully saturated rings. The molecule has 17 heavy (non-hydrogen) atoms. The lowest BCUT2D eigenvalue weighted by Gasteiger charge is -2.11. The molecule has 0 N–H and O–H groups in total. The monoisotopic (exact) mass is 243 g/mol. The van der Waals surface area contributed by atoms with Crippen LogP contribution in [0.4, 0.5) is 0 Å². The molecule has 0 radical (unpaired) electrons. The lowest BCUT2D eigenvalue weighted by molar-refractivity contribution is -0.143. The Morgan fingerprint density at radius 3 is 2.24 bits per heavy atom. The van der Waals surface area contributed by atoms with Gasteiger partial charge in [-0.05, 0) is 0 Å². The van der Waals surface area contributed by atoms with E-state index in [1.165, 1.54) is 14.0 Å². The van der Waals surface area contributed by atoms with Gasteiger partial charge in [-0.2, -0.15) is 0 Å².